The number of hydrogen-bond acceptors (Lipinski definition) is 11. The Balaban J connectivity index is 1.49. The SMILES string of the molecule is COCOc1cc(OCC2COC(C)(C)O2)cc2c1C(=O)O[C@@H](C)[C@H](C)/C=C\C(OC(=O)c1ccccc1)[C@H]1OC(C)(C)O[C@H]1CC=C2. The van der Waals surface area contributed by atoms with Gasteiger partial charge in [-0.05, 0) is 70.9 Å². The van der Waals surface area contributed by atoms with Crippen molar-refractivity contribution >= 4 is 18.0 Å². The number of methoxy groups -OCH3 is 1. The molecule has 3 aliphatic heterocycles. The summed E-state index contributed by atoms with van der Waals surface area (Å²) in [6.45, 7) is 11.6. The second kappa shape index (κ2) is 15.2. The Kier molecular flexibility index (Phi) is 11.3. The Labute approximate surface area is 282 Å². The fourth-order valence-electron chi connectivity index (χ4n) is 5.73. The van der Waals surface area contributed by atoms with E-state index in [1.165, 1.54) is 7.11 Å². The molecule has 2 saturated heterocycles. The number of carbonyl (C=O) groups excluding carboxylic acids is 2. The van der Waals surface area contributed by atoms with Crippen LogP contribution in [-0.4, -0.2) is 81.1 Å². The van der Waals surface area contributed by atoms with E-state index in [-0.39, 0.29) is 36.7 Å². The van der Waals surface area contributed by atoms with E-state index in [2.05, 4.69) is 0 Å². The molecule has 2 aromatic rings. The maximum absolute atomic E-state index is 13.8. The molecule has 3 aliphatic rings. The summed E-state index contributed by atoms with van der Waals surface area (Å²) >= 11 is 0. The first-order valence-corrected chi connectivity index (χ1v) is 16.3. The average Bonchev–Trinajstić information content (AvgIpc) is 3.56. The van der Waals surface area contributed by atoms with E-state index in [9.17, 15) is 9.59 Å². The first-order valence-electron chi connectivity index (χ1n) is 16.3. The van der Waals surface area contributed by atoms with Crippen LogP contribution in [0.1, 0.15) is 74.2 Å². The second-order valence-corrected chi connectivity index (χ2v) is 13.1. The third kappa shape index (κ3) is 9.03. The highest BCUT2D eigenvalue weighted by atomic mass is 16.8. The molecule has 2 fully saturated rings. The molecule has 3 heterocycles. The highest BCUT2D eigenvalue weighted by molar-refractivity contribution is 5.97. The van der Waals surface area contributed by atoms with Crippen LogP contribution in [-0.2, 0) is 33.2 Å². The number of carbonyl (C=O) groups is 2. The van der Waals surface area contributed by atoms with Gasteiger partial charge in [-0.1, -0.05) is 43.4 Å². The van der Waals surface area contributed by atoms with E-state index in [1.54, 1.807) is 55.5 Å². The molecular weight excluding hydrogens is 620 g/mol. The lowest BCUT2D eigenvalue weighted by Gasteiger charge is -2.26. The molecule has 0 radical (unpaired) electrons. The van der Waals surface area contributed by atoms with E-state index in [4.69, 9.17) is 42.6 Å². The maximum Gasteiger partial charge on any atom is 0.342 e. The molecule has 48 heavy (non-hydrogen) atoms. The van der Waals surface area contributed by atoms with Crippen LogP contribution in [0.3, 0.4) is 0 Å². The van der Waals surface area contributed by atoms with Gasteiger partial charge in [0.25, 0.3) is 0 Å². The van der Waals surface area contributed by atoms with Crippen LogP contribution < -0.4 is 9.47 Å². The molecule has 0 aliphatic carbocycles. The lowest BCUT2D eigenvalue weighted by atomic mass is 9.98. The minimum atomic E-state index is -0.930. The lowest BCUT2D eigenvalue weighted by Crippen LogP contribution is -2.37. The minimum Gasteiger partial charge on any atom is -0.491 e. The van der Waals surface area contributed by atoms with E-state index < -0.39 is 47.9 Å². The van der Waals surface area contributed by atoms with Gasteiger partial charge in [0.2, 0.25) is 0 Å². The Morgan fingerprint density at radius 1 is 0.958 bits per heavy atom. The highest BCUT2D eigenvalue weighted by Gasteiger charge is 2.45. The molecule has 11 heteroatoms. The molecule has 2 aromatic carbocycles. The average molecular weight is 667 g/mol. The third-order valence-corrected chi connectivity index (χ3v) is 8.25. The van der Waals surface area contributed by atoms with Crippen molar-refractivity contribution in [1.82, 2.24) is 0 Å². The molecule has 0 amide bonds. The van der Waals surface area contributed by atoms with Crippen LogP contribution in [0, 0.1) is 5.92 Å². The Morgan fingerprint density at radius 3 is 2.44 bits per heavy atom. The van der Waals surface area contributed by atoms with Crippen molar-refractivity contribution in [2.45, 2.75) is 90.1 Å². The monoisotopic (exact) mass is 666 g/mol. The molecule has 0 aromatic heterocycles. The first kappa shape index (κ1) is 35.6. The van der Waals surface area contributed by atoms with Crippen LogP contribution in [0.4, 0.5) is 0 Å². The van der Waals surface area contributed by atoms with Gasteiger partial charge in [0.1, 0.15) is 48.1 Å². The number of esters is 2. The standard InChI is InChI=1S/C37H46O11/c1-23-16-17-29(45-34(38)25-12-9-8-10-13-25)33-30(47-37(5,6)48-33)15-11-14-26-18-27(41-20-28-21-43-36(3,4)46-28)19-31(42-22-40-7)32(26)35(39)44-24(23)2/h8-14,16-19,23-24,28-30,33H,15,20-22H2,1-7H3/b14-11?,17-16-/t23-,24+,28?,29?,30+,33-/m1/s1. The number of cyclic esters (lactones) is 1. The number of rotatable bonds is 8. The predicted molar refractivity (Wildman–Crippen MR) is 176 cm³/mol. The highest BCUT2D eigenvalue weighted by Crippen LogP contribution is 2.36. The van der Waals surface area contributed by atoms with Gasteiger partial charge in [-0.3, -0.25) is 0 Å². The van der Waals surface area contributed by atoms with Gasteiger partial charge in [-0.2, -0.15) is 0 Å². The van der Waals surface area contributed by atoms with E-state index in [0.29, 0.717) is 29.9 Å². The summed E-state index contributed by atoms with van der Waals surface area (Å²) in [7, 11) is 1.50. The zero-order valence-electron chi connectivity index (χ0n) is 28.6. The van der Waals surface area contributed by atoms with E-state index in [1.807, 2.05) is 52.8 Å². The predicted octanol–water partition coefficient (Wildman–Crippen LogP) is 6.10. The molecule has 0 saturated carbocycles. The molecule has 6 atom stereocenters. The Morgan fingerprint density at radius 2 is 1.73 bits per heavy atom. The van der Waals surface area contributed by atoms with E-state index in [0.717, 1.165) is 0 Å². The summed E-state index contributed by atoms with van der Waals surface area (Å²) in [4.78, 5) is 27.0. The quantitative estimate of drug-likeness (QED) is 0.185. The maximum atomic E-state index is 13.8. The molecular formula is C37H46O11. The van der Waals surface area contributed by atoms with Gasteiger partial charge in [-0.25, -0.2) is 9.59 Å². The van der Waals surface area contributed by atoms with Gasteiger partial charge in [0, 0.05) is 19.1 Å². The van der Waals surface area contributed by atoms with Crippen molar-refractivity contribution in [2.75, 3.05) is 27.1 Å². The largest absolute Gasteiger partial charge is 0.491 e. The normalized spacial score (nSPS) is 28.8. The zero-order valence-corrected chi connectivity index (χ0v) is 28.6. The number of benzene rings is 2. The summed E-state index contributed by atoms with van der Waals surface area (Å²) in [6.07, 6.45) is 5.02. The van der Waals surface area contributed by atoms with Crippen molar-refractivity contribution in [1.29, 1.82) is 0 Å². The molecule has 0 N–H and O–H groups in total. The summed E-state index contributed by atoms with van der Waals surface area (Å²) in [5.74, 6) is -2.22. The molecule has 2 unspecified atom stereocenters. The van der Waals surface area contributed by atoms with Crippen molar-refractivity contribution in [3.63, 3.8) is 0 Å². The summed E-state index contributed by atoms with van der Waals surface area (Å²) in [5, 5.41) is 0. The fraction of sp³-hybridized carbons (Fsp3) is 0.514. The topological polar surface area (TPSA) is 117 Å². The van der Waals surface area contributed by atoms with E-state index >= 15 is 0 Å². The molecule has 0 bridgehead atoms. The Hall–Kier alpha value is -3.74. The fourth-order valence-corrected chi connectivity index (χ4v) is 5.73. The van der Waals surface area contributed by atoms with Crippen molar-refractivity contribution in [2.24, 2.45) is 5.92 Å². The van der Waals surface area contributed by atoms with Gasteiger partial charge in [0.05, 0.1) is 18.3 Å². The third-order valence-electron chi connectivity index (χ3n) is 8.25. The summed E-state index contributed by atoms with van der Waals surface area (Å²) in [5.41, 5.74) is 1.17. The van der Waals surface area contributed by atoms with Crippen LogP contribution in [0.5, 0.6) is 11.5 Å². The first-order chi connectivity index (χ1) is 22.8. The van der Waals surface area contributed by atoms with Crippen molar-refractivity contribution in [3.8, 4) is 11.5 Å². The van der Waals surface area contributed by atoms with Crippen molar-refractivity contribution < 1.29 is 52.2 Å². The summed E-state index contributed by atoms with van der Waals surface area (Å²) < 4.78 is 53.4. The van der Waals surface area contributed by atoms with Gasteiger partial charge < -0.3 is 42.6 Å². The second-order valence-electron chi connectivity index (χ2n) is 13.1. The van der Waals surface area contributed by atoms with Crippen LogP contribution in [0.25, 0.3) is 6.08 Å². The number of hydrogen-bond donors (Lipinski definition) is 0. The molecule has 0 spiro atoms. The zero-order chi connectivity index (χ0) is 34.5. The van der Waals surface area contributed by atoms with Gasteiger partial charge in [-0.15, -0.1) is 0 Å². The summed E-state index contributed by atoms with van der Waals surface area (Å²) in [6, 6.07) is 12.2. The smallest absolute Gasteiger partial charge is 0.342 e. The molecule has 5 rings (SSSR count). The number of fused-ring (bicyclic) bond motifs is 2. The van der Waals surface area contributed by atoms with Gasteiger partial charge >= 0.3 is 11.9 Å². The van der Waals surface area contributed by atoms with Crippen LogP contribution in [0.2, 0.25) is 0 Å². The van der Waals surface area contributed by atoms with Crippen LogP contribution in [0.15, 0.2) is 60.7 Å². The Bertz CT molecular complexity index is 1480. The minimum absolute atomic E-state index is 0.0948. The lowest BCUT2D eigenvalue weighted by molar-refractivity contribution is -0.152. The van der Waals surface area contributed by atoms with Gasteiger partial charge in [0.15, 0.2) is 18.4 Å². The van der Waals surface area contributed by atoms with Crippen LogP contribution >= 0.6 is 0 Å². The molecule has 11 nitrogen and oxygen atoms in total. The van der Waals surface area contributed by atoms with Crippen molar-refractivity contribution in [3.05, 3.63) is 77.4 Å². The molecule has 260 valence electrons. The number of ether oxygens (including phenoxy) is 9.